The van der Waals surface area contributed by atoms with Crippen molar-refractivity contribution in [1.29, 1.82) is 0 Å². The van der Waals surface area contributed by atoms with E-state index in [2.05, 4.69) is 26.8 Å². The molecule has 2 rings (SSSR count). The maximum absolute atomic E-state index is 4.31. The van der Waals surface area contributed by atoms with Gasteiger partial charge in [-0.3, -0.25) is 0 Å². The number of nitrogens with one attached hydrogen (secondary N) is 1. The van der Waals surface area contributed by atoms with Gasteiger partial charge >= 0.3 is 0 Å². The molecule has 1 saturated heterocycles. The lowest BCUT2D eigenvalue weighted by Crippen LogP contribution is -2.33. The molecule has 4 heteroatoms. The highest BCUT2D eigenvalue weighted by Crippen LogP contribution is 2.05. The van der Waals surface area contributed by atoms with Crippen LogP contribution in [0.15, 0.2) is 12.4 Å². The van der Waals surface area contributed by atoms with E-state index in [1.54, 1.807) is 0 Å². The Bertz CT molecular complexity index is 307. The second kappa shape index (κ2) is 4.77. The zero-order valence-corrected chi connectivity index (χ0v) is 9.61. The third-order valence-electron chi connectivity index (χ3n) is 3.09. The van der Waals surface area contributed by atoms with E-state index in [0.29, 0.717) is 6.04 Å². The van der Waals surface area contributed by atoms with Gasteiger partial charge in [0.25, 0.3) is 0 Å². The van der Waals surface area contributed by atoms with Crippen LogP contribution in [0.2, 0.25) is 0 Å². The molecule has 1 aromatic heterocycles. The molecule has 1 N–H and O–H groups in total. The molecule has 0 spiro atoms. The highest BCUT2D eigenvalue weighted by molar-refractivity contribution is 4.92. The van der Waals surface area contributed by atoms with Crippen LogP contribution in [0.25, 0.3) is 0 Å². The van der Waals surface area contributed by atoms with E-state index in [1.165, 1.54) is 19.5 Å². The lowest BCUT2D eigenvalue weighted by molar-refractivity contribution is 0.398. The van der Waals surface area contributed by atoms with Gasteiger partial charge < -0.3 is 14.8 Å². The molecule has 0 amide bonds. The number of hydrogen-bond acceptors (Lipinski definition) is 3. The van der Waals surface area contributed by atoms with Crippen molar-refractivity contribution < 1.29 is 0 Å². The first-order valence-corrected chi connectivity index (χ1v) is 5.64. The highest BCUT2D eigenvalue weighted by Gasteiger charge is 2.18. The van der Waals surface area contributed by atoms with E-state index >= 15 is 0 Å². The summed E-state index contributed by atoms with van der Waals surface area (Å²) in [5, 5.41) is 3.58. The highest BCUT2D eigenvalue weighted by atomic mass is 15.2. The minimum atomic E-state index is 0.676. The Morgan fingerprint density at radius 2 is 2.40 bits per heavy atom. The van der Waals surface area contributed by atoms with Crippen LogP contribution < -0.4 is 5.32 Å². The van der Waals surface area contributed by atoms with E-state index in [0.717, 1.165) is 18.8 Å². The summed E-state index contributed by atoms with van der Waals surface area (Å²) >= 11 is 0. The fourth-order valence-electron chi connectivity index (χ4n) is 2.13. The van der Waals surface area contributed by atoms with E-state index in [9.17, 15) is 0 Å². The molecular formula is C11H20N4. The van der Waals surface area contributed by atoms with Gasteiger partial charge in [-0.1, -0.05) is 0 Å². The first-order valence-electron chi connectivity index (χ1n) is 5.64. The summed E-state index contributed by atoms with van der Waals surface area (Å²) in [6.45, 7) is 3.43. The van der Waals surface area contributed by atoms with Crippen molar-refractivity contribution in [2.75, 3.05) is 26.7 Å². The number of hydrogen-bond donors (Lipinski definition) is 1. The van der Waals surface area contributed by atoms with E-state index in [-0.39, 0.29) is 0 Å². The number of aromatic nitrogens is 2. The average Bonchev–Trinajstić information content (AvgIpc) is 2.77. The minimum absolute atomic E-state index is 0.676. The maximum Gasteiger partial charge on any atom is 0.109 e. The van der Waals surface area contributed by atoms with Gasteiger partial charge in [-0.15, -0.1) is 0 Å². The Hall–Kier alpha value is -0.870. The topological polar surface area (TPSA) is 33.1 Å². The standard InChI is InChI=1S/C11H20N4/c1-14-7-4-10(9-14)12-5-3-11-13-6-8-15(11)2/h6,8,10,12H,3-5,7,9H2,1-2H3. The maximum atomic E-state index is 4.31. The molecule has 15 heavy (non-hydrogen) atoms. The summed E-state index contributed by atoms with van der Waals surface area (Å²) in [4.78, 5) is 6.68. The van der Waals surface area contributed by atoms with Gasteiger partial charge in [0.2, 0.25) is 0 Å². The summed E-state index contributed by atoms with van der Waals surface area (Å²) in [6.07, 6.45) is 6.15. The molecule has 4 nitrogen and oxygen atoms in total. The molecule has 1 aliphatic heterocycles. The summed E-state index contributed by atoms with van der Waals surface area (Å²) < 4.78 is 2.09. The molecule has 0 radical (unpaired) electrons. The Balaban J connectivity index is 1.69. The van der Waals surface area contributed by atoms with Crippen molar-refractivity contribution in [3.05, 3.63) is 18.2 Å². The lowest BCUT2D eigenvalue weighted by Gasteiger charge is -2.12. The van der Waals surface area contributed by atoms with Gasteiger partial charge in [-0.2, -0.15) is 0 Å². The van der Waals surface area contributed by atoms with Crippen LogP contribution in [-0.4, -0.2) is 47.2 Å². The Kier molecular flexibility index (Phi) is 3.38. The molecule has 0 bridgehead atoms. The van der Waals surface area contributed by atoms with Crippen molar-refractivity contribution in [1.82, 2.24) is 19.8 Å². The smallest absolute Gasteiger partial charge is 0.109 e. The van der Waals surface area contributed by atoms with Crippen LogP contribution in [-0.2, 0) is 13.5 Å². The number of likely N-dealkylation sites (N-methyl/N-ethyl adjacent to an activating group) is 1. The molecule has 1 aliphatic rings. The van der Waals surface area contributed by atoms with Gasteiger partial charge in [0.15, 0.2) is 0 Å². The number of imidazole rings is 1. The molecule has 0 aromatic carbocycles. The first kappa shape index (κ1) is 10.6. The minimum Gasteiger partial charge on any atom is -0.338 e. The average molecular weight is 208 g/mol. The van der Waals surface area contributed by atoms with Crippen LogP contribution in [0.4, 0.5) is 0 Å². The van der Waals surface area contributed by atoms with Crippen molar-refractivity contribution in [2.24, 2.45) is 7.05 Å². The van der Waals surface area contributed by atoms with Crippen LogP contribution in [0, 0.1) is 0 Å². The van der Waals surface area contributed by atoms with Crippen molar-refractivity contribution >= 4 is 0 Å². The number of rotatable bonds is 4. The van der Waals surface area contributed by atoms with Crippen LogP contribution >= 0.6 is 0 Å². The predicted molar refractivity (Wildman–Crippen MR) is 60.8 cm³/mol. The van der Waals surface area contributed by atoms with Crippen LogP contribution in [0.5, 0.6) is 0 Å². The van der Waals surface area contributed by atoms with Gasteiger partial charge in [0.1, 0.15) is 5.82 Å². The van der Waals surface area contributed by atoms with E-state index < -0.39 is 0 Å². The summed E-state index contributed by atoms with van der Waals surface area (Å²) in [5.41, 5.74) is 0. The third kappa shape index (κ3) is 2.79. The normalized spacial score (nSPS) is 22.4. The molecule has 1 atom stereocenters. The largest absolute Gasteiger partial charge is 0.338 e. The SMILES string of the molecule is CN1CCC(NCCc2nccn2C)C1. The van der Waals surface area contributed by atoms with Crippen molar-refractivity contribution in [3.63, 3.8) is 0 Å². The molecule has 0 saturated carbocycles. The Morgan fingerprint density at radius 1 is 1.53 bits per heavy atom. The van der Waals surface area contributed by atoms with E-state index in [4.69, 9.17) is 0 Å². The van der Waals surface area contributed by atoms with Crippen LogP contribution in [0.3, 0.4) is 0 Å². The Morgan fingerprint density at radius 3 is 3.00 bits per heavy atom. The van der Waals surface area contributed by atoms with Gasteiger partial charge in [0.05, 0.1) is 0 Å². The van der Waals surface area contributed by atoms with Gasteiger partial charge in [-0.05, 0) is 20.0 Å². The predicted octanol–water partition coefficient (Wildman–Crippen LogP) is 0.256. The van der Waals surface area contributed by atoms with Gasteiger partial charge in [-0.25, -0.2) is 4.98 Å². The Labute approximate surface area is 91.3 Å². The fraction of sp³-hybridized carbons (Fsp3) is 0.727. The monoisotopic (exact) mass is 208 g/mol. The number of aryl methyl sites for hydroxylation is 1. The molecule has 1 fully saturated rings. The molecule has 1 aromatic rings. The van der Waals surface area contributed by atoms with Crippen LogP contribution in [0.1, 0.15) is 12.2 Å². The van der Waals surface area contributed by atoms with Crippen molar-refractivity contribution in [2.45, 2.75) is 18.9 Å². The number of nitrogens with zero attached hydrogens (tertiary/aromatic N) is 3. The van der Waals surface area contributed by atoms with Gasteiger partial charge in [0, 0.05) is 45.0 Å². The first-order chi connectivity index (χ1) is 7.25. The molecule has 0 aliphatic carbocycles. The van der Waals surface area contributed by atoms with E-state index in [1.807, 2.05) is 19.4 Å². The second-order valence-electron chi connectivity index (χ2n) is 4.41. The molecule has 1 unspecified atom stereocenters. The molecular weight excluding hydrogens is 188 g/mol. The lowest BCUT2D eigenvalue weighted by atomic mass is 10.2. The zero-order valence-electron chi connectivity index (χ0n) is 9.61. The molecule has 84 valence electrons. The molecule has 2 heterocycles. The third-order valence-corrected chi connectivity index (χ3v) is 3.09. The summed E-state index contributed by atoms with van der Waals surface area (Å²) in [6, 6.07) is 0.676. The summed E-state index contributed by atoms with van der Waals surface area (Å²) in [5.74, 6) is 1.16. The zero-order chi connectivity index (χ0) is 10.7. The second-order valence-corrected chi connectivity index (χ2v) is 4.41. The number of likely N-dealkylation sites (tertiary alicyclic amines) is 1. The summed E-state index contributed by atoms with van der Waals surface area (Å²) in [7, 11) is 4.23. The van der Waals surface area contributed by atoms with Crippen molar-refractivity contribution in [3.8, 4) is 0 Å². The quantitative estimate of drug-likeness (QED) is 0.770. The fourth-order valence-corrected chi connectivity index (χ4v) is 2.13.